The summed E-state index contributed by atoms with van der Waals surface area (Å²) >= 11 is 0. The highest BCUT2D eigenvalue weighted by atomic mass is 16.5. The minimum Gasteiger partial charge on any atom is -0.360 e. The highest BCUT2D eigenvalue weighted by Gasteiger charge is 2.17. The van der Waals surface area contributed by atoms with E-state index in [0.29, 0.717) is 35.8 Å². The molecule has 0 aliphatic carbocycles. The fraction of sp³-hybridized carbons (Fsp3) is 0.294. The number of carbonyl (C=O) groups excluding carboxylic acids is 2. The van der Waals surface area contributed by atoms with Crippen molar-refractivity contribution in [1.82, 2.24) is 10.1 Å². The van der Waals surface area contributed by atoms with Crippen molar-refractivity contribution in [3.63, 3.8) is 0 Å². The number of anilines is 2. The molecule has 1 aromatic carbocycles. The van der Waals surface area contributed by atoms with Crippen LogP contribution in [-0.2, 0) is 4.79 Å². The quantitative estimate of drug-likeness (QED) is 0.839. The number of benzene rings is 1. The van der Waals surface area contributed by atoms with Gasteiger partial charge in [0, 0.05) is 18.3 Å². The van der Waals surface area contributed by atoms with Crippen molar-refractivity contribution in [1.29, 1.82) is 5.26 Å². The summed E-state index contributed by atoms with van der Waals surface area (Å²) in [6, 6.07) is 9.71. The normalized spacial score (nSPS) is 9.96. The molecule has 2 rings (SSSR count). The third-order valence-electron chi connectivity index (χ3n) is 3.28. The van der Waals surface area contributed by atoms with Crippen LogP contribution in [0.3, 0.4) is 0 Å². The van der Waals surface area contributed by atoms with E-state index in [0.717, 1.165) is 0 Å². The second kappa shape index (κ2) is 8.49. The standard InChI is InChI=1S/C17H19N5O3/c1-3-8-22(11-16(23)20-15-9-12(2)25-21-15)17(24)19-14-6-4-13(10-18)5-7-14/h4-7,9H,3,8,11H2,1-2H3,(H,19,24)(H,20,21,23). The van der Waals surface area contributed by atoms with E-state index in [1.807, 2.05) is 13.0 Å². The van der Waals surface area contributed by atoms with Gasteiger partial charge in [0.05, 0.1) is 11.6 Å². The average Bonchev–Trinajstić information content (AvgIpc) is 2.99. The summed E-state index contributed by atoms with van der Waals surface area (Å²) in [6.07, 6.45) is 0.705. The van der Waals surface area contributed by atoms with Crippen LogP contribution < -0.4 is 10.6 Å². The van der Waals surface area contributed by atoms with Gasteiger partial charge in [0.15, 0.2) is 5.82 Å². The minimum atomic E-state index is -0.391. The second-order valence-electron chi connectivity index (χ2n) is 5.41. The summed E-state index contributed by atoms with van der Waals surface area (Å²) in [5.74, 6) is 0.530. The van der Waals surface area contributed by atoms with Crippen molar-refractivity contribution in [2.45, 2.75) is 20.3 Å². The fourth-order valence-electron chi connectivity index (χ4n) is 2.13. The smallest absolute Gasteiger partial charge is 0.322 e. The molecule has 2 aromatic rings. The van der Waals surface area contributed by atoms with Gasteiger partial charge in [-0.3, -0.25) is 4.79 Å². The SMILES string of the molecule is CCCN(CC(=O)Nc1cc(C)on1)C(=O)Nc1ccc(C#N)cc1. The molecule has 0 radical (unpaired) electrons. The predicted molar refractivity (Wildman–Crippen MR) is 91.9 cm³/mol. The van der Waals surface area contributed by atoms with Crippen molar-refractivity contribution in [2.24, 2.45) is 0 Å². The summed E-state index contributed by atoms with van der Waals surface area (Å²) in [7, 11) is 0. The first-order chi connectivity index (χ1) is 12.0. The van der Waals surface area contributed by atoms with E-state index in [1.165, 1.54) is 4.90 Å². The van der Waals surface area contributed by atoms with Crippen molar-refractivity contribution >= 4 is 23.4 Å². The maximum Gasteiger partial charge on any atom is 0.322 e. The van der Waals surface area contributed by atoms with E-state index in [4.69, 9.17) is 9.78 Å². The molecule has 0 unspecified atom stereocenters. The highest BCUT2D eigenvalue weighted by molar-refractivity contribution is 5.96. The van der Waals surface area contributed by atoms with Gasteiger partial charge in [-0.1, -0.05) is 12.1 Å². The molecule has 3 amide bonds. The summed E-state index contributed by atoms with van der Waals surface area (Å²) < 4.78 is 4.88. The molecule has 0 bridgehead atoms. The topological polar surface area (TPSA) is 111 Å². The Labute approximate surface area is 145 Å². The second-order valence-corrected chi connectivity index (χ2v) is 5.41. The van der Waals surface area contributed by atoms with Gasteiger partial charge < -0.3 is 20.1 Å². The molecule has 0 atom stereocenters. The number of amides is 3. The van der Waals surface area contributed by atoms with Crippen molar-refractivity contribution in [3.05, 3.63) is 41.7 Å². The van der Waals surface area contributed by atoms with Crippen LogP contribution in [0.15, 0.2) is 34.9 Å². The van der Waals surface area contributed by atoms with Crippen LogP contribution >= 0.6 is 0 Å². The zero-order valence-corrected chi connectivity index (χ0v) is 14.1. The summed E-state index contributed by atoms with van der Waals surface area (Å²) in [5.41, 5.74) is 1.06. The van der Waals surface area contributed by atoms with E-state index >= 15 is 0 Å². The minimum absolute atomic E-state index is 0.109. The van der Waals surface area contributed by atoms with Gasteiger partial charge in [0.25, 0.3) is 0 Å². The monoisotopic (exact) mass is 341 g/mol. The van der Waals surface area contributed by atoms with Crippen LogP contribution in [0, 0.1) is 18.3 Å². The number of nitriles is 1. The van der Waals surface area contributed by atoms with Gasteiger partial charge in [-0.15, -0.1) is 0 Å². The number of aryl methyl sites for hydroxylation is 1. The van der Waals surface area contributed by atoms with E-state index in [1.54, 1.807) is 37.3 Å². The molecule has 0 aliphatic heterocycles. The molecule has 8 nitrogen and oxygen atoms in total. The van der Waals surface area contributed by atoms with Gasteiger partial charge >= 0.3 is 6.03 Å². The Hall–Kier alpha value is -3.34. The average molecular weight is 341 g/mol. The molecular formula is C17H19N5O3. The zero-order chi connectivity index (χ0) is 18.2. The third kappa shape index (κ3) is 5.35. The van der Waals surface area contributed by atoms with Gasteiger partial charge in [0.1, 0.15) is 12.3 Å². The number of carbonyl (C=O) groups is 2. The lowest BCUT2D eigenvalue weighted by atomic mass is 10.2. The maximum absolute atomic E-state index is 12.4. The first-order valence-corrected chi connectivity index (χ1v) is 7.81. The molecule has 8 heteroatoms. The molecule has 2 N–H and O–H groups in total. The molecule has 0 fully saturated rings. The number of rotatable bonds is 6. The van der Waals surface area contributed by atoms with E-state index < -0.39 is 6.03 Å². The Bertz CT molecular complexity index is 776. The molecular weight excluding hydrogens is 322 g/mol. The fourth-order valence-corrected chi connectivity index (χ4v) is 2.13. The molecule has 0 aliphatic rings. The van der Waals surface area contributed by atoms with Crippen LogP contribution in [0.25, 0.3) is 0 Å². The number of nitrogens with one attached hydrogen (secondary N) is 2. The van der Waals surface area contributed by atoms with Gasteiger partial charge in [-0.25, -0.2) is 4.79 Å². The van der Waals surface area contributed by atoms with Gasteiger partial charge in [0.2, 0.25) is 5.91 Å². The maximum atomic E-state index is 12.4. The van der Waals surface area contributed by atoms with E-state index in [9.17, 15) is 9.59 Å². The first kappa shape index (κ1) is 18.0. The Morgan fingerprint density at radius 2 is 2.00 bits per heavy atom. The Balaban J connectivity index is 1.96. The molecule has 130 valence electrons. The van der Waals surface area contributed by atoms with Crippen LogP contribution in [-0.4, -0.2) is 35.1 Å². The molecule has 25 heavy (non-hydrogen) atoms. The lowest BCUT2D eigenvalue weighted by Gasteiger charge is -2.21. The lowest BCUT2D eigenvalue weighted by molar-refractivity contribution is -0.116. The van der Waals surface area contributed by atoms with Gasteiger partial charge in [-0.2, -0.15) is 5.26 Å². The van der Waals surface area contributed by atoms with E-state index in [-0.39, 0.29) is 12.5 Å². The largest absolute Gasteiger partial charge is 0.360 e. The van der Waals surface area contributed by atoms with Crippen molar-refractivity contribution < 1.29 is 14.1 Å². The van der Waals surface area contributed by atoms with Crippen molar-refractivity contribution in [2.75, 3.05) is 23.7 Å². The number of urea groups is 1. The number of nitrogens with zero attached hydrogens (tertiary/aromatic N) is 3. The molecule has 0 spiro atoms. The molecule has 1 aromatic heterocycles. The van der Waals surface area contributed by atoms with Crippen LogP contribution in [0.4, 0.5) is 16.3 Å². The highest BCUT2D eigenvalue weighted by Crippen LogP contribution is 2.11. The van der Waals surface area contributed by atoms with Crippen LogP contribution in [0.5, 0.6) is 0 Å². The zero-order valence-electron chi connectivity index (χ0n) is 14.1. The summed E-state index contributed by atoms with van der Waals surface area (Å²) in [6.45, 7) is 3.95. The third-order valence-corrected chi connectivity index (χ3v) is 3.28. The Kier molecular flexibility index (Phi) is 6.12. The Morgan fingerprint density at radius 1 is 1.28 bits per heavy atom. The summed E-state index contributed by atoms with van der Waals surface area (Å²) in [5, 5.41) is 17.8. The predicted octanol–water partition coefficient (Wildman–Crippen LogP) is 2.74. The number of hydrogen-bond donors (Lipinski definition) is 2. The molecule has 0 saturated heterocycles. The molecule has 1 heterocycles. The Morgan fingerprint density at radius 3 is 2.56 bits per heavy atom. The molecule has 0 saturated carbocycles. The van der Waals surface area contributed by atoms with Gasteiger partial charge in [-0.05, 0) is 37.6 Å². The van der Waals surface area contributed by atoms with Crippen LogP contribution in [0.2, 0.25) is 0 Å². The van der Waals surface area contributed by atoms with E-state index in [2.05, 4.69) is 15.8 Å². The number of hydrogen-bond acceptors (Lipinski definition) is 5. The lowest BCUT2D eigenvalue weighted by Crippen LogP contribution is -2.41. The summed E-state index contributed by atoms with van der Waals surface area (Å²) in [4.78, 5) is 25.9. The van der Waals surface area contributed by atoms with Crippen LogP contribution in [0.1, 0.15) is 24.7 Å². The van der Waals surface area contributed by atoms with Crippen molar-refractivity contribution in [3.8, 4) is 6.07 Å². The first-order valence-electron chi connectivity index (χ1n) is 7.81. The number of aromatic nitrogens is 1.